The van der Waals surface area contributed by atoms with E-state index in [2.05, 4.69) is 27.1 Å². The lowest BCUT2D eigenvalue weighted by Gasteiger charge is -2.42. The number of fused-ring (bicyclic) bond motifs is 3. The van der Waals surface area contributed by atoms with Gasteiger partial charge in [-0.05, 0) is 62.4 Å². The zero-order valence-corrected chi connectivity index (χ0v) is 23.3. The molecule has 0 amide bonds. The Labute approximate surface area is 236 Å². The number of aryl methyl sites for hydroxylation is 1. The molecule has 0 radical (unpaired) electrons. The van der Waals surface area contributed by atoms with Crippen LogP contribution >= 0.6 is 23.2 Å². The lowest BCUT2D eigenvalue weighted by atomic mass is 10.0. The van der Waals surface area contributed by atoms with E-state index in [4.69, 9.17) is 27.7 Å². The summed E-state index contributed by atoms with van der Waals surface area (Å²) in [4.78, 5) is 16.8. The van der Waals surface area contributed by atoms with Crippen LogP contribution in [0.5, 0.6) is 0 Å². The van der Waals surface area contributed by atoms with Gasteiger partial charge in [0.15, 0.2) is 0 Å². The van der Waals surface area contributed by atoms with Gasteiger partial charge in [-0.2, -0.15) is 0 Å². The summed E-state index contributed by atoms with van der Waals surface area (Å²) < 4.78 is 7.81. The number of hydrogen-bond donors (Lipinski definition) is 1. The van der Waals surface area contributed by atoms with E-state index in [1.807, 2.05) is 35.9 Å². The number of carbonyl (C=O) groups is 1. The van der Waals surface area contributed by atoms with E-state index in [1.54, 1.807) is 6.20 Å². The maximum atomic E-state index is 11.6. The van der Waals surface area contributed by atoms with E-state index >= 15 is 0 Å². The van der Waals surface area contributed by atoms with Gasteiger partial charge >= 0.3 is 5.97 Å². The molecule has 2 aliphatic heterocycles. The van der Waals surface area contributed by atoms with Gasteiger partial charge in [0.25, 0.3) is 0 Å². The fourth-order valence-electron chi connectivity index (χ4n) is 6.70. The first-order chi connectivity index (χ1) is 18.9. The van der Waals surface area contributed by atoms with Crippen LogP contribution in [0.1, 0.15) is 53.3 Å². The summed E-state index contributed by atoms with van der Waals surface area (Å²) in [5, 5.41) is 16.0. The van der Waals surface area contributed by atoms with E-state index in [-0.39, 0.29) is 0 Å². The quantitative estimate of drug-likeness (QED) is 0.272. The van der Waals surface area contributed by atoms with Gasteiger partial charge < -0.3 is 19.1 Å². The van der Waals surface area contributed by atoms with Crippen LogP contribution in [0.15, 0.2) is 47.1 Å². The molecular weight excluding hydrogens is 535 g/mol. The van der Waals surface area contributed by atoms with Crippen molar-refractivity contribution in [3.63, 3.8) is 0 Å². The van der Waals surface area contributed by atoms with Gasteiger partial charge in [0.05, 0.1) is 21.1 Å². The average Bonchev–Trinajstić information content (AvgIpc) is 3.53. The van der Waals surface area contributed by atoms with Crippen molar-refractivity contribution >= 4 is 45.8 Å². The molecular formula is C30H30Cl2N4O3. The Morgan fingerprint density at radius 2 is 1.79 bits per heavy atom. The zero-order chi connectivity index (χ0) is 26.8. The van der Waals surface area contributed by atoms with Gasteiger partial charge in [-0.3, -0.25) is 4.90 Å². The smallest absolute Gasteiger partial charge is 0.337 e. The highest BCUT2D eigenvalue weighted by Crippen LogP contribution is 2.46. The van der Waals surface area contributed by atoms with E-state index in [9.17, 15) is 9.90 Å². The molecule has 9 heteroatoms. The van der Waals surface area contributed by atoms with Crippen LogP contribution in [-0.4, -0.2) is 57.4 Å². The third-order valence-corrected chi connectivity index (χ3v) is 9.42. The van der Waals surface area contributed by atoms with E-state index in [1.165, 1.54) is 12.8 Å². The molecule has 2 atom stereocenters. The molecule has 7 nitrogen and oxygen atoms in total. The second-order valence-electron chi connectivity index (χ2n) is 11.2. The number of aromatic nitrogens is 2. The fourth-order valence-corrected chi connectivity index (χ4v) is 7.27. The second kappa shape index (κ2) is 9.58. The van der Waals surface area contributed by atoms with Crippen LogP contribution in [0.2, 0.25) is 10.0 Å². The topological polar surface area (TPSA) is 74.7 Å². The number of carboxylic acid groups (broad SMARTS) is 1. The first-order valence-corrected chi connectivity index (χ1v) is 14.4. The summed E-state index contributed by atoms with van der Waals surface area (Å²) in [6.07, 6.45) is 7.19. The van der Waals surface area contributed by atoms with Crippen molar-refractivity contribution in [2.75, 3.05) is 24.5 Å². The number of piperazine rings is 1. The predicted molar refractivity (Wildman–Crippen MR) is 153 cm³/mol. The number of halogens is 2. The van der Waals surface area contributed by atoms with Crippen molar-refractivity contribution < 1.29 is 14.4 Å². The number of hydrogen-bond acceptors (Lipinski definition) is 5. The predicted octanol–water partition coefficient (Wildman–Crippen LogP) is 6.61. The summed E-state index contributed by atoms with van der Waals surface area (Å²) in [6.45, 7) is 2.86. The molecule has 1 saturated carbocycles. The second-order valence-corrected chi connectivity index (χ2v) is 12.0. The molecule has 4 aromatic rings. The van der Waals surface area contributed by atoms with Crippen molar-refractivity contribution in [1.82, 2.24) is 14.6 Å². The minimum absolute atomic E-state index is 0.348. The summed E-state index contributed by atoms with van der Waals surface area (Å²) in [5.41, 5.74) is 5.16. The van der Waals surface area contributed by atoms with Crippen LogP contribution in [-0.2, 0) is 13.5 Å². The molecule has 0 spiro atoms. The van der Waals surface area contributed by atoms with Crippen molar-refractivity contribution in [2.24, 2.45) is 7.05 Å². The molecule has 1 N–H and O–H groups in total. The Hall–Kier alpha value is -3.00. The number of aromatic carboxylic acids is 1. The SMILES string of the molecule is Cn1cc(C(=O)O)c2ccc(N3CC4CCC(C3)N4CCc3c(-c4c(Cl)cccc4Cl)noc3C3CC3)cc21. The Kier molecular flexibility index (Phi) is 6.14. The molecule has 7 rings (SSSR count). The first-order valence-electron chi connectivity index (χ1n) is 13.6. The maximum absolute atomic E-state index is 11.6. The molecule has 2 aromatic carbocycles. The van der Waals surface area contributed by atoms with Gasteiger partial charge in [0, 0.05) is 73.1 Å². The molecule has 3 aliphatic rings. The summed E-state index contributed by atoms with van der Waals surface area (Å²) in [6, 6.07) is 12.7. The van der Waals surface area contributed by atoms with Gasteiger partial charge in [0.1, 0.15) is 11.5 Å². The van der Waals surface area contributed by atoms with Crippen LogP contribution < -0.4 is 4.90 Å². The number of benzene rings is 2. The normalized spacial score (nSPS) is 21.3. The lowest BCUT2D eigenvalue weighted by Crippen LogP contribution is -2.54. The lowest BCUT2D eigenvalue weighted by molar-refractivity contribution is 0.0699. The van der Waals surface area contributed by atoms with E-state index in [0.717, 1.165) is 78.1 Å². The largest absolute Gasteiger partial charge is 0.478 e. The Morgan fingerprint density at radius 1 is 1.08 bits per heavy atom. The Bertz CT molecular complexity index is 1560. The molecule has 39 heavy (non-hydrogen) atoms. The highest BCUT2D eigenvalue weighted by molar-refractivity contribution is 6.39. The van der Waals surface area contributed by atoms with E-state index < -0.39 is 5.97 Å². The van der Waals surface area contributed by atoms with E-state index in [0.29, 0.717) is 33.6 Å². The molecule has 2 aromatic heterocycles. The molecule has 2 saturated heterocycles. The van der Waals surface area contributed by atoms with Crippen LogP contribution in [0.3, 0.4) is 0 Å². The molecule has 202 valence electrons. The Balaban J connectivity index is 1.11. The van der Waals surface area contributed by atoms with Crippen molar-refractivity contribution in [3.05, 3.63) is 69.5 Å². The molecule has 2 unspecified atom stereocenters. The number of rotatable bonds is 7. The van der Waals surface area contributed by atoms with Gasteiger partial charge in [-0.15, -0.1) is 0 Å². The van der Waals surface area contributed by atoms with Crippen molar-refractivity contribution in [3.8, 4) is 11.3 Å². The third-order valence-electron chi connectivity index (χ3n) is 8.79. The molecule has 4 heterocycles. The highest BCUT2D eigenvalue weighted by atomic mass is 35.5. The molecule has 1 aliphatic carbocycles. The van der Waals surface area contributed by atoms with Crippen LogP contribution in [0, 0.1) is 0 Å². The number of carboxylic acids is 1. The minimum atomic E-state index is -0.891. The summed E-state index contributed by atoms with van der Waals surface area (Å²) >= 11 is 13.1. The van der Waals surface area contributed by atoms with Crippen molar-refractivity contribution in [2.45, 2.75) is 50.1 Å². The van der Waals surface area contributed by atoms with Crippen LogP contribution in [0.25, 0.3) is 22.2 Å². The number of anilines is 1. The molecule has 2 bridgehead atoms. The summed E-state index contributed by atoms with van der Waals surface area (Å²) in [7, 11) is 1.91. The van der Waals surface area contributed by atoms with Gasteiger partial charge in [0.2, 0.25) is 0 Å². The zero-order valence-electron chi connectivity index (χ0n) is 21.7. The Morgan fingerprint density at radius 3 is 2.46 bits per heavy atom. The molecule has 3 fully saturated rings. The monoisotopic (exact) mass is 564 g/mol. The number of nitrogens with zero attached hydrogens (tertiary/aromatic N) is 4. The van der Waals surface area contributed by atoms with Crippen molar-refractivity contribution in [1.29, 1.82) is 0 Å². The van der Waals surface area contributed by atoms with Crippen LogP contribution in [0.4, 0.5) is 5.69 Å². The fraction of sp³-hybridized carbons (Fsp3) is 0.400. The maximum Gasteiger partial charge on any atom is 0.337 e. The summed E-state index contributed by atoms with van der Waals surface area (Å²) in [5.74, 6) is 0.561. The first kappa shape index (κ1) is 25.0. The standard InChI is InChI=1S/C30H30Cl2N4O3/c1-34-16-23(30(37)38)21-10-9-18(13-26(21)34)35-14-19-7-8-20(15-35)36(19)12-11-22-28(33-39-29(22)17-5-6-17)27-24(31)3-2-4-25(27)32/h2-4,9-10,13,16-17,19-20H,5-8,11-12,14-15H2,1H3,(H,37,38). The van der Waals surface area contributed by atoms with Gasteiger partial charge in [-0.1, -0.05) is 34.4 Å². The third kappa shape index (κ3) is 4.31. The highest BCUT2D eigenvalue weighted by Gasteiger charge is 2.41. The van der Waals surface area contributed by atoms with Gasteiger partial charge in [-0.25, -0.2) is 4.79 Å². The average molecular weight is 566 g/mol. The minimum Gasteiger partial charge on any atom is -0.478 e.